The molecule has 0 amide bonds. The second kappa shape index (κ2) is 9.19. The Labute approximate surface area is 223 Å². The fraction of sp³-hybridized carbons (Fsp3) is 0.0323. The molecule has 2 aliphatic heterocycles. The Morgan fingerprint density at radius 1 is 0.667 bits per heavy atom. The molecular weight excluding hydrogens is 621 g/mol. The van der Waals surface area contributed by atoms with Crippen molar-refractivity contribution in [2.75, 3.05) is 4.90 Å². The van der Waals surface area contributed by atoms with Crippen LogP contribution in [0.3, 0.4) is 0 Å². The molecule has 175 valence electrons. The molecule has 2 aromatic heterocycles. The quantitative estimate of drug-likeness (QED) is 0.192. The number of aromatic nitrogens is 2. The van der Waals surface area contributed by atoms with Crippen LogP contribution in [0.4, 0.5) is 5.69 Å². The van der Waals surface area contributed by atoms with E-state index in [0.717, 1.165) is 44.8 Å². The molecule has 1 radical (unpaired) electrons. The second-order valence-electron chi connectivity index (χ2n) is 8.62. The monoisotopic (exact) mass is 641 g/mol. The van der Waals surface area contributed by atoms with Crippen LogP contribution in [0, 0.1) is 6.07 Å². The Morgan fingerprint density at radius 3 is 1.97 bits per heavy atom. The molecule has 1 atom stereocenters. The van der Waals surface area contributed by atoms with E-state index >= 15 is 0 Å². The van der Waals surface area contributed by atoms with E-state index in [1.165, 1.54) is 11.1 Å². The molecule has 2 aliphatic rings. The molecule has 5 heteroatoms. The number of hydrogen-bond donors (Lipinski definition) is 0. The van der Waals surface area contributed by atoms with Crippen LogP contribution in [0.2, 0.25) is 0 Å². The van der Waals surface area contributed by atoms with Gasteiger partial charge in [-0.05, 0) is 58.8 Å². The number of fused-ring (bicyclic) bond motifs is 6. The predicted octanol–water partition coefficient (Wildman–Crippen LogP) is 7.48. The Morgan fingerprint density at radius 2 is 1.28 bits per heavy atom. The van der Waals surface area contributed by atoms with Crippen molar-refractivity contribution in [3.63, 3.8) is 0 Å². The topological polar surface area (TPSA) is 43.1 Å². The Balaban J connectivity index is 0.00000240. The van der Waals surface area contributed by atoms with Crippen molar-refractivity contribution in [1.82, 2.24) is 9.97 Å². The third-order valence-corrected chi connectivity index (χ3v) is 6.75. The van der Waals surface area contributed by atoms with Gasteiger partial charge in [0.25, 0.3) is 0 Å². The SMILES string of the molecule is [Ir].[c-]1cccc2c1C1[N-]C=C(c3c(-c4ccncc4)cccc3-c3ccncc3)N1c1ccccc1-2. The van der Waals surface area contributed by atoms with E-state index in [9.17, 15) is 0 Å². The van der Waals surface area contributed by atoms with Gasteiger partial charge in [0.05, 0.1) is 0 Å². The van der Waals surface area contributed by atoms with Gasteiger partial charge in [-0.25, -0.2) is 0 Å². The summed E-state index contributed by atoms with van der Waals surface area (Å²) in [6, 6.07) is 33.0. The molecule has 36 heavy (non-hydrogen) atoms. The van der Waals surface area contributed by atoms with Gasteiger partial charge in [-0.3, -0.25) is 9.97 Å². The van der Waals surface area contributed by atoms with Gasteiger partial charge in [-0.1, -0.05) is 42.0 Å². The molecule has 0 aliphatic carbocycles. The van der Waals surface area contributed by atoms with Gasteiger partial charge in [-0.15, -0.1) is 11.1 Å². The first-order valence-electron chi connectivity index (χ1n) is 11.6. The normalized spacial score (nSPS) is 15.1. The van der Waals surface area contributed by atoms with Crippen molar-refractivity contribution in [3.05, 3.63) is 138 Å². The Bertz CT molecular complexity index is 1520. The summed E-state index contributed by atoms with van der Waals surface area (Å²) in [6.45, 7) is 0. The molecule has 5 aromatic rings. The average Bonchev–Trinajstić information content (AvgIpc) is 3.39. The standard InChI is InChI=1S/C31H20N4.Ir/c1-2-8-27-25(6-1)26-7-3-4-11-28(26)35-29(20-34-31(27)35)30-23(21-12-16-32-17-13-21)9-5-10-24(30)22-14-18-33-19-15-22;/h1-7,9-20,31H;/q-2;. The largest absolute Gasteiger partial charge is 0.667 e. The molecule has 0 fully saturated rings. The molecule has 0 bridgehead atoms. The summed E-state index contributed by atoms with van der Waals surface area (Å²) in [5.74, 6) is 0. The molecular formula is C31H20IrN4-2. The summed E-state index contributed by atoms with van der Waals surface area (Å²) in [6.07, 6.45) is 9.26. The average molecular weight is 641 g/mol. The molecule has 1 unspecified atom stereocenters. The first-order chi connectivity index (χ1) is 17.4. The number of anilines is 1. The van der Waals surface area contributed by atoms with Crippen LogP contribution in [0.25, 0.3) is 44.4 Å². The molecule has 0 saturated carbocycles. The van der Waals surface area contributed by atoms with E-state index in [1.54, 1.807) is 0 Å². The van der Waals surface area contributed by atoms with Crippen LogP contribution in [-0.2, 0) is 20.1 Å². The predicted molar refractivity (Wildman–Crippen MR) is 140 cm³/mol. The fourth-order valence-corrected chi connectivity index (χ4v) is 5.23. The van der Waals surface area contributed by atoms with Gasteiger partial charge in [-0.2, -0.15) is 30.5 Å². The van der Waals surface area contributed by atoms with Gasteiger partial charge in [0, 0.05) is 61.8 Å². The zero-order chi connectivity index (χ0) is 23.2. The number of pyridine rings is 2. The van der Waals surface area contributed by atoms with Crippen molar-refractivity contribution >= 4 is 11.4 Å². The first-order valence-corrected chi connectivity index (χ1v) is 11.6. The van der Waals surface area contributed by atoms with Crippen molar-refractivity contribution < 1.29 is 20.1 Å². The van der Waals surface area contributed by atoms with Gasteiger partial charge in [0.15, 0.2) is 0 Å². The van der Waals surface area contributed by atoms with E-state index in [4.69, 9.17) is 5.32 Å². The van der Waals surface area contributed by atoms with E-state index in [0.29, 0.717) is 0 Å². The van der Waals surface area contributed by atoms with Gasteiger partial charge < -0.3 is 10.2 Å². The number of hydrogen-bond acceptors (Lipinski definition) is 3. The summed E-state index contributed by atoms with van der Waals surface area (Å²) in [4.78, 5) is 10.8. The third kappa shape index (κ3) is 3.48. The minimum Gasteiger partial charge on any atom is -0.667 e. The second-order valence-corrected chi connectivity index (χ2v) is 8.62. The fourth-order valence-electron chi connectivity index (χ4n) is 5.23. The molecule has 0 saturated heterocycles. The zero-order valence-electron chi connectivity index (χ0n) is 19.2. The molecule has 4 nitrogen and oxygen atoms in total. The zero-order valence-corrected chi connectivity index (χ0v) is 21.6. The van der Waals surface area contributed by atoms with Crippen molar-refractivity contribution in [2.45, 2.75) is 6.17 Å². The van der Waals surface area contributed by atoms with Crippen molar-refractivity contribution in [3.8, 4) is 33.4 Å². The third-order valence-electron chi connectivity index (χ3n) is 6.75. The van der Waals surface area contributed by atoms with E-state index in [1.807, 2.05) is 37.1 Å². The van der Waals surface area contributed by atoms with Crippen molar-refractivity contribution in [1.29, 1.82) is 0 Å². The van der Waals surface area contributed by atoms with Crippen LogP contribution < -0.4 is 4.90 Å². The summed E-state index contributed by atoms with van der Waals surface area (Å²) in [7, 11) is 0. The van der Waals surface area contributed by atoms with Gasteiger partial charge in [0.2, 0.25) is 0 Å². The maximum atomic E-state index is 5.03. The van der Waals surface area contributed by atoms with E-state index in [2.05, 4.69) is 99.8 Å². The summed E-state index contributed by atoms with van der Waals surface area (Å²) < 4.78 is 0. The summed E-state index contributed by atoms with van der Waals surface area (Å²) >= 11 is 0. The molecule has 0 spiro atoms. The summed E-state index contributed by atoms with van der Waals surface area (Å²) in [5, 5.41) is 5.03. The van der Waals surface area contributed by atoms with E-state index < -0.39 is 0 Å². The Kier molecular flexibility index (Phi) is 5.72. The smallest absolute Gasteiger partial charge is 0.0356 e. The Hall–Kier alpha value is -4.05. The molecule has 4 heterocycles. The minimum atomic E-state index is -0.146. The maximum absolute atomic E-state index is 5.03. The molecule has 3 aromatic carbocycles. The number of nitrogens with zero attached hydrogens (tertiary/aromatic N) is 4. The van der Waals surface area contributed by atoms with Crippen molar-refractivity contribution in [2.24, 2.45) is 0 Å². The number of para-hydroxylation sites is 1. The van der Waals surface area contributed by atoms with Crippen LogP contribution >= 0.6 is 0 Å². The molecule has 0 N–H and O–H groups in total. The van der Waals surface area contributed by atoms with Gasteiger partial charge in [0.1, 0.15) is 0 Å². The van der Waals surface area contributed by atoms with Crippen LogP contribution in [-0.4, -0.2) is 9.97 Å². The van der Waals surface area contributed by atoms with Crippen LogP contribution in [0.15, 0.2) is 116 Å². The first kappa shape index (κ1) is 22.4. The summed E-state index contributed by atoms with van der Waals surface area (Å²) in [5.41, 5.74) is 11.4. The van der Waals surface area contributed by atoms with Gasteiger partial charge >= 0.3 is 0 Å². The van der Waals surface area contributed by atoms with Crippen LogP contribution in [0.1, 0.15) is 17.3 Å². The number of benzene rings is 3. The van der Waals surface area contributed by atoms with Crippen LogP contribution in [0.5, 0.6) is 0 Å². The van der Waals surface area contributed by atoms with E-state index in [-0.39, 0.29) is 26.3 Å². The molecule has 7 rings (SSSR count). The minimum absolute atomic E-state index is 0. The number of rotatable bonds is 3. The maximum Gasteiger partial charge on any atom is 0.0356 e.